The fraction of sp³-hybridized carbons (Fsp3) is 0. The van der Waals surface area contributed by atoms with Crippen molar-refractivity contribution in [1.29, 1.82) is 0 Å². The van der Waals surface area contributed by atoms with E-state index in [2.05, 4.69) is 0 Å². The normalized spacial score (nSPS) is 10.6. The second kappa shape index (κ2) is 8.11. The first-order valence-corrected chi connectivity index (χ1v) is 9.19. The first kappa shape index (κ1) is 19.8. The number of nitro benzene ring substituents is 2. The predicted octanol–water partition coefficient (Wildman–Crippen LogP) is 6.04. The zero-order valence-electron chi connectivity index (χ0n) is 15.9. The number of rotatable bonds is 5. The molecule has 0 amide bonds. The lowest BCUT2D eigenvalue weighted by molar-refractivity contribution is -0.385. The molecule has 152 valence electrons. The lowest BCUT2D eigenvalue weighted by Crippen LogP contribution is -1.94. The molecule has 0 spiro atoms. The fourth-order valence-electron chi connectivity index (χ4n) is 3.20. The molecule has 4 aromatic rings. The average molecular weight is 415 g/mol. The Bertz CT molecular complexity index is 1270. The highest BCUT2D eigenvalue weighted by Crippen LogP contribution is 2.34. The molecule has 0 saturated heterocycles. The van der Waals surface area contributed by atoms with Crippen molar-refractivity contribution in [2.45, 2.75) is 0 Å². The van der Waals surface area contributed by atoms with E-state index in [-0.39, 0.29) is 17.2 Å². The van der Waals surface area contributed by atoms with E-state index in [0.29, 0.717) is 22.5 Å². The summed E-state index contributed by atoms with van der Waals surface area (Å²) in [7, 11) is 0. The molecule has 4 rings (SSSR count). The molecule has 3 aromatic carbocycles. The smallest absolute Gasteiger partial charge is 0.258 e. The van der Waals surface area contributed by atoms with Crippen molar-refractivity contribution in [3.63, 3.8) is 0 Å². The summed E-state index contributed by atoms with van der Waals surface area (Å²) in [4.78, 5) is 25.7. The van der Waals surface area contributed by atoms with Crippen molar-refractivity contribution in [1.82, 2.24) is 4.98 Å². The maximum absolute atomic E-state index is 13.4. The SMILES string of the molecule is O=[N+]([O-])c1ccc(-c2ccc(-c3ccc(F)cc3)c(-c3ccc([N+](=O)[O-])cc3)n2)cc1. The maximum Gasteiger partial charge on any atom is 0.269 e. The molecular weight excluding hydrogens is 401 g/mol. The van der Waals surface area contributed by atoms with E-state index in [9.17, 15) is 24.6 Å². The van der Waals surface area contributed by atoms with Crippen molar-refractivity contribution < 1.29 is 14.2 Å². The molecule has 0 N–H and O–H groups in total. The van der Waals surface area contributed by atoms with Gasteiger partial charge in [-0.2, -0.15) is 0 Å². The van der Waals surface area contributed by atoms with Crippen LogP contribution in [0, 0.1) is 26.0 Å². The molecular formula is C23H14FN3O4. The van der Waals surface area contributed by atoms with Gasteiger partial charge >= 0.3 is 0 Å². The molecule has 0 radical (unpaired) electrons. The van der Waals surface area contributed by atoms with Gasteiger partial charge in [0, 0.05) is 41.0 Å². The Balaban J connectivity index is 1.85. The minimum Gasteiger partial charge on any atom is -0.258 e. The third-order valence-corrected chi connectivity index (χ3v) is 4.78. The lowest BCUT2D eigenvalue weighted by Gasteiger charge is -2.12. The number of halogens is 1. The highest BCUT2D eigenvalue weighted by atomic mass is 19.1. The van der Waals surface area contributed by atoms with Gasteiger partial charge in [-0.25, -0.2) is 9.37 Å². The largest absolute Gasteiger partial charge is 0.269 e. The number of aromatic nitrogens is 1. The van der Waals surface area contributed by atoms with Gasteiger partial charge in [0.05, 0.1) is 21.2 Å². The standard InChI is InChI=1S/C23H14FN3O4/c24-18-7-1-15(2-8-18)21-13-14-22(16-3-9-19(10-4-16)26(28)29)25-23(21)17-5-11-20(12-6-17)27(30)31/h1-14H. The summed E-state index contributed by atoms with van der Waals surface area (Å²) in [6, 6.07) is 21.6. The molecule has 0 bridgehead atoms. The Kier molecular flexibility index (Phi) is 5.19. The first-order chi connectivity index (χ1) is 14.9. The summed E-state index contributed by atoms with van der Waals surface area (Å²) in [5, 5.41) is 21.9. The third-order valence-electron chi connectivity index (χ3n) is 4.78. The summed E-state index contributed by atoms with van der Waals surface area (Å²) in [5.41, 5.74) is 3.84. The molecule has 0 aliphatic carbocycles. The Hall–Kier alpha value is -4.46. The zero-order chi connectivity index (χ0) is 22.0. The molecule has 0 unspecified atom stereocenters. The van der Waals surface area contributed by atoms with Crippen molar-refractivity contribution in [2.24, 2.45) is 0 Å². The molecule has 0 saturated carbocycles. The van der Waals surface area contributed by atoms with E-state index in [0.717, 1.165) is 11.1 Å². The maximum atomic E-state index is 13.4. The summed E-state index contributed by atoms with van der Waals surface area (Å²) in [6.07, 6.45) is 0. The Morgan fingerprint density at radius 1 is 0.613 bits per heavy atom. The summed E-state index contributed by atoms with van der Waals surface area (Å²) in [6.45, 7) is 0. The molecule has 1 heterocycles. The summed E-state index contributed by atoms with van der Waals surface area (Å²) >= 11 is 0. The van der Waals surface area contributed by atoms with Crippen LogP contribution < -0.4 is 0 Å². The minimum atomic E-state index is -0.481. The number of hydrogen-bond acceptors (Lipinski definition) is 5. The highest BCUT2D eigenvalue weighted by molar-refractivity contribution is 5.83. The lowest BCUT2D eigenvalue weighted by atomic mass is 9.97. The summed E-state index contributed by atoms with van der Waals surface area (Å²) < 4.78 is 13.4. The second-order valence-electron chi connectivity index (χ2n) is 6.71. The van der Waals surface area contributed by atoms with Crippen LogP contribution in [0.4, 0.5) is 15.8 Å². The van der Waals surface area contributed by atoms with E-state index < -0.39 is 9.85 Å². The van der Waals surface area contributed by atoms with Crippen LogP contribution in [-0.4, -0.2) is 14.8 Å². The quantitative estimate of drug-likeness (QED) is 0.292. The van der Waals surface area contributed by atoms with Gasteiger partial charge in [0.2, 0.25) is 0 Å². The van der Waals surface area contributed by atoms with Crippen LogP contribution >= 0.6 is 0 Å². The molecule has 8 heteroatoms. The van der Waals surface area contributed by atoms with Crippen LogP contribution in [-0.2, 0) is 0 Å². The Morgan fingerprint density at radius 2 is 1.10 bits per heavy atom. The van der Waals surface area contributed by atoms with Crippen LogP contribution in [0.1, 0.15) is 0 Å². The van der Waals surface area contributed by atoms with Crippen LogP contribution in [0.5, 0.6) is 0 Å². The van der Waals surface area contributed by atoms with Gasteiger partial charge in [-0.05, 0) is 48.0 Å². The van der Waals surface area contributed by atoms with Gasteiger partial charge in [0.1, 0.15) is 5.82 Å². The third kappa shape index (κ3) is 4.13. The zero-order valence-corrected chi connectivity index (χ0v) is 15.9. The Morgan fingerprint density at radius 3 is 1.61 bits per heavy atom. The number of non-ortho nitro benzene ring substituents is 2. The van der Waals surface area contributed by atoms with Gasteiger partial charge in [0.15, 0.2) is 0 Å². The van der Waals surface area contributed by atoms with Crippen LogP contribution in [0.2, 0.25) is 0 Å². The average Bonchev–Trinajstić information content (AvgIpc) is 2.79. The molecule has 31 heavy (non-hydrogen) atoms. The van der Waals surface area contributed by atoms with Gasteiger partial charge in [-0.1, -0.05) is 18.2 Å². The second-order valence-corrected chi connectivity index (χ2v) is 6.71. The predicted molar refractivity (Wildman–Crippen MR) is 114 cm³/mol. The monoisotopic (exact) mass is 415 g/mol. The van der Waals surface area contributed by atoms with Crippen molar-refractivity contribution in [3.8, 4) is 33.6 Å². The van der Waals surface area contributed by atoms with Gasteiger partial charge in [-0.15, -0.1) is 0 Å². The van der Waals surface area contributed by atoms with E-state index in [1.54, 1.807) is 42.5 Å². The van der Waals surface area contributed by atoms with Crippen LogP contribution in [0.15, 0.2) is 84.9 Å². The molecule has 7 nitrogen and oxygen atoms in total. The van der Waals surface area contributed by atoms with Crippen LogP contribution in [0.3, 0.4) is 0 Å². The number of pyridine rings is 1. The van der Waals surface area contributed by atoms with Crippen LogP contribution in [0.25, 0.3) is 33.6 Å². The number of hydrogen-bond donors (Lipinski definition) is 0. The first-order valence-electron chi connectivity index (χ1n) is 9.19. The molecule has 0 fully saturated rings. The minimum absolute atomic E-state index is 0.0257. The topological polar surface area (TPSA) is 99.2 Å². The molecule has 0 aliphatic heterocycles. The van der Waals surface area contributed by atoms with Gasteiger partial charge < -0.3 is 0 Å². The summed E-state index contributed by atoms with van der Waals surface area (Å²) in [5.74, 6) is -0.365. The van der Waals surface area contributed by atoms with Gasteiger partial charge in [0.25, 0.3) is 11.4 Å². The number of nitro groups is 2. The van der Waals surface area contributed by atoms with Gasteiger partial charge in [-0.3, -0.25) is 20.2 Å². The molecule has 1 aromatic heterocycles. The Labute approximate surface area is 175 Å². The van der Waals surface area contributed by atoms with Crippen molar-refractivity contribution >= 4 is 11.4 Å². The fourth-order valence-corrected chi connectivity index (χ4v) is 3.20. The van der Waals surface area contributed by atoms with E-state index >= 15 is 0 Å². The number of benzene rings is 3. The van der Waals surface area contributed by atoms with E-state index in [1.807, 2.05) is 6.07 Å². The van der Waals surface area contributed by atoms with Crippen molar-refractivity contribution in [2.75, 3.05) is 0 Å². The van der Waals surface area contributed by atoms with E-state index in [1.165, 1.54) is 36.4 Å². The highest BCUT2D eigenvalue weighted by Gasteiger charge is 2.14. The van der Waals surface area contributed by atoms with E-state index in [4.69, 9.17) is 4.98 Å². The number of nitrogens with zero attached hydrogens (tertiary/aromatic N) is 3. The van der Waals surface area contributed by atoms with Crippen molar-refractivity contribution in [3.05, 3.63) is 111 Å². The molecule has 0 aliphatic rings. The molecule has 0 atom stereocenters.